The summed E-state index contributed by atoms with van der Waals surface area (Å²) >= 11 is 5.88. The number of esters is 1. The number of carbonyl (C=O) groups excluding carboxylic acids is 2. The molecule has 1 N–H and O–H groups in total. The Morgan fingerprint density at radius 2 is 1.80 bits per heavy atom. The molecule has 2 aromatic rings. The first kappa shape index (κ1) is 23.5. The van der Waals surface area contributed by atoms with Crippen molar-refractivity contribution < 1.29 is 28.6 Å². The average molecular weight is 435 g/mol. The van der Waals surface area contributed by atoms with Crippen LogP contribution >= 0.6 is 11.6 Å². The normalized spacial score (nSPS) is 15.0. The molecular weight excluding hydrogens is 411 g/mol. The molecule has 2 rings (SSSR count). The van der Waals surface area contributed by atoms with Gasteiger partial charge in [-0.05, 0) is 49.9 Å². The van der Waals surface area contributed by atoms with Gasteiger partial charge in [-0.15, -0.1) is 0 Å². The van der Waals surface area contributed by atoms with E-state index in [-0.39, 0.29) is 11.4 Å². The minimum atomic E-state index is -1.99. The largest absolute Gasteiger partial charge is 0.480 e. The Balaban J connectivity index is 2.51. The lowest BCUT2D eigenvalue weighted by Gasteiger charge is -2.31. The Morgan fingerprint density at radius 1 is 1.17 bits per heavy atom. The van der Waals surface area contributed by atoms with Crippen molar-refractivity contribution in [3.63, 3.8) is 0 Å². The van der Waals surface area contributed by atoms with Gasteiger partial charge in [-0.1, -0.05) is 54.9 Å². The molecule has 0 aliphatic rings. The Kier molecular flexibility index (Phi) is 7.73. The van der Waals surface area contributed by atoms with E-state index < -0.39 is 41.0 Å². The molecule has 160 valence electrons. The zero-order valence-electron chi connectivity index (χ0n) is 17.0. The molecule has 0 saturated heterocycles. The van der Waals surface area contributed by atoms with Crippen molar-refractivity contribution in [2.24, 2.45) is 5.92 Å². The lowest BCUT2D eigenvalue weighted by molar-refractivity contribution is -0.165. The fourth-order valence-corrected chi connectivity index (χ4v) is 3.39. The van der Waals surface area contributed by atoms with Crippen molar-refractivity contribution in [2.45, 2.75) is 45.1 Å². The molecular formula is C23H24ClFO5. The van der Waals surface area contributed by atoms with Crippen molar-refractivity contribution in [1.29, 1.82) is 0 Å². The van der Waals surface area contributed by atoms with Gasteiger partial charge < -0.3 is 9.84 Å². The zero-order chi connectivity index (χ0) is 22.5. The molecule has 5 nitrogen and oxygen atoms in total. The fourth-order valence-electron chi connectivity index (χ4n) is 3.18. The second-order valence-corrected chi connectivity index (χ2v) is 7.82. The second kappa shape index (κ2) is 9.85. The van der Waals surface area contributed by atoms with Gasteiger partial charge in [0.1, 0.15) is 5.82 Å². The van der Waals surface area contributed by atoms with Crippen LogP contribution in [-0.4, -0.2) is 28.9 Å². The molecule has 0 aliphatic carbocycles. The summed E-state index contributed by atoms with van der Waals surface area (Å²) < 4.78 is 18.7. The van der Waals surface area contributed by atoms with Crippen LogP contribution in [0.4, 0.5) is 4.39 Å². The summed E-state index contributed by atoms with van der Waals surface area (Å²) in [7, 11) is 0. The first-order chi connectivity index (χ1) is 14.1. The predicted octanol–water partition coefficient (Wildman–Crippen LogP) is 4.59. The van der Waals surface area contributed by atoms with Gasteiger partial charge in [0.2, 0.25) is 5.92 Å². The van der Waals surface area contributed by atoms with Crippen molar-refractivity contribution in [3.8, 4) is 0 Å². The van der Waals surface area contributed by atoms with Crippen molar-refractivity contribution in [1.82, 2.24) is 0 Å². The summed E-state index contributed by atoms with van der Waals surface area (Å²) in [5, 5.41) is 9.55. The van der Waals surface area contributed by atoms with Gasteiger partial charge in [0.25, 0.3) is 0 Å². The topological polar surface area (TPSA) is 80.7 Å². The third kappa shape index (κ3) is 5.25. The van der Waals surface area contributed by atoms with E-state index in [4.69, 9.17) is 16.3 Å². The number of carboxylic acid groups (broad SMARTS) is 1. The van der Waals surface area contributed by atoms with Gasteiger partial charge in [0.15, 0.2) is 5.78 Å². The molecule has 0 heterocycles. The number of rotatable bonds is 9. The van der Waals surface area contributed by atoms with E-state index in [1.807, 2.05) is 0 Å². The van der Waals surface area contributed by atoms with Crippen LogP contribution in [0.5, 0.6) is 0 Å². The van der Waals surface area contributed by atoms with E-state index in [1.165, 1.54) is 18.2 Å². The van der Waals surface area contributed by atoms with Gasteiger partial charge in [0.05, 0.1) is 16.5 Å². The Morgan fingerprint density at radius 3 is 2.33 bits per heavy atom. The molecule has 0 aromatic heterocycles. The summed E-state index contributed by atoms with van der Waals surface area (Å²) in [6, 6.07) is 12.6. The highest BCUT2D eigenvalue weighted by atomic mass is 35.5. The number of halogens is 2. The number of Topliss-reactive ketones (excluding diaryl/α,β-unsaturated/α-hetero) is 1. The molecule has 0 bridgehead atoms. The van der Waals surface area contributed by atoms with E-state index >= 15 is 0 Å². The number of ketones is 1. The first-order valence-corrected chi connectivity index (χ1v) is 9.95. The van der Waals surface area contributed by atoms with Gasteiger partial charge in [-0.3, -0.25) is 14.4 Å². The Hall–Kier alpha value is -2.73. The maximum atomic E-state index is 13.6. The number of hydrogen-bond donors (Lipinski definition) is 1. The van der Waals surface area contributed by atoms with Crippen molar-refractivity contribution >= 4 is 29.3 Å². The van der Waals surface area contributed by atoms with Crippen LogP contribution in [-0.2, 0) is 31.0 Å². The minimum Gasteiger partial charge on any atom is -0.480 e. The van der Waals surface area contributed by atoms with E-state index in [2.05, 4.69) is 0 Å². The molecule has 3 atom stereocenters. The van der Waals surface area contributed by atoms with E-state index in [0.717, 1.165) is 0 Å². The lowest BCUT2D eigenvalue weighted by Crippen LogP contribution is -2.46. The fraction of sp³-hybridized carbons (Fsp3) is 0.348. The second-order valence-electron chi connectivity index (χ2n) is 7.41. The number of ether oxygens (including phenoxy) is 1. The van der Waals surface area contributed by atoms with Crippen LogP contribution in [0, 0.1) is 11.7 Å². The molecule has 3 unspecified atom stereocenters. The first-order valence-electron chi connectivity index (χ1n) is 9.57. The maximum absolute atomic E-state index is 13.6. The third-order valence-corrected chi connectivity index (χ3v) is 5.42. The van der Waals surface area contributed by atoms with Gasteiger partial charge in [-0.2, -0.15) is 0 Å². The maximum Gasteiger partial charge on any atom is 0.328 e. The van der Waals surface area contributed by atoms with Crippen molar-refractivity contribution in [2.75, 3.05) is 0 Å². The third-order valence-electron chi connectivity index (χ3n) is 5.13. The van der Waals surface area contributed by atoms with E-state index in [1.54, 1.807) is 51.1 Å². The summed E-state index contributed by atoms with van der Waals surface area (Å²) in [5.41, 5.74) is -0.335. The number of carboxylic acids is 1. The molecule has 0 spiro atoms. The lowest BCUT2D eigenvalue weighted by atomic mass is 9.70. The van der Waals surface area contributed by atoms with Crippen LogP contribution in [0.3, 0.4) is 0 Å². The van der Waals surface area contributed by atoms with E-state index in [9.17, 15) is 23.9 Å². The van der Waals surface area contributed by atoms with Crippen LogP contribution in [0.1, 0.15) is 38.3 Å². The molecule has 0 fully saturated rings. The summed E-state index contributed by atoms with van der Waals surface area (Å²) in [5.74, 6) is -6.07. The van der Waals surface area contributed by atoms with Crippen LogP contribution < -0.4 is 0 Å². The molecule has 0 amide bonds. The monoisotopic (exact) mass is 434 g/mol. The highest BCUT2D eigenvalue weighted by Crippen LogP contribution is 2.33. The number of carbonyl (C=O) groups is 3. The average Bonchev–Trinajstić information content (AvgIpc) is 2.70. The minimum absolute atomic E-state index is 0.0240. The predicted molar refractivity (Wildman–Crippen MR) is 111 cm³/mol. The SMILES string of the molecule is CCC(C)OC(=O)C(C(=O)O)C(=O)C(C)(Cc1ccc(F)c(Cl)c1)c1ccccc1. The molecule has 30 heavy (non-hydrogen) atoms. The summed E-state index contributed by atoms with van der Waals surface area (Å²) in [4.78, 5) is 37.9. The quantitative estimate of drug-likeness (QED) is 0.461. The zero-order valence-corrected chi connectivity index (χ0v) is 17.8. The van der Waals surface area contributed by atoms with Gasteiger partial charge in [-0.25, -0.2) is 4.39 Å². The number of aliphatic carboxylic acids is 1. The summed E-state index contributed by atoms with van der Waals surface area (Å²) in [6.07, 6.45) is -0.0157. The molecule has 7 heteroatoms. The number of hydrogen-bond acceptors (Lipinski definition) is 4. The Labute approximate surface area is 179 Å². The molecule has 0 aliphatic heterocycles. The van der Waals surface area contributed by atoms with Crippen molar-refractivity contribution in [3.05, 3.63) is 70.5 Å². The van der Waals surface area contributed by atoms with Crippen LogP contribution in [0.15, 0.2) is 48.5 Å². The number of benzene rings is 2. The Bertz CT molecular complexity index is 930. The smallest absolute Gasteiger partial charge is 0.328 e. The highest BCUT2D eigenvalue weighted by molar-refractivity contribution is 6.30. The van der Waals surface area contributed by atoms with E-state index in [0.29, 0.717) is 17.5 Å². The molecule has 0 saturated carbocycles. The van der Waals surface area contributed by atoms with Gasteiger partial charge >= 0.3 is 11.9 Å². The van der Waals surface area contributed by atoms with Gasteiger partial charge in [0, 0.05) is 0 Å². The standard InChI is InChI=1S/C23H24ClFO5/c1-4-14(2)30-22(29)19(21(27)28)20(26)23(3,16-8-6-5-7-9-16)13-15-10-11-18(25)17(24)12-15/h5-12,14,19H,4,13H2,1-3H3,(H,27,28). The summed E-state index contributed by atoms with van der Waals surface area (Å²) in [6.45, 7) is 4.97. The molecule has 0 radical (unpaired) electrons. The van der Waals surface area contributed by atoms with Crippen LogP contribution in [0.2, 0.25) is 5.02 Å². The molecule has 2 aromatic carbocycles. The highest BCUT2D eigenvalue weighted by Gasteiger charge is 2.47. The van der Waals surface area contributed by atoms with Crippen LogP contribution in [0.25, 0.3) is 0 Å².